The molecule has 0 bridgehead atoms. The summed E-state index contributed by atoms with van der Waals surface area (Å²) in [6, 6.07) is 0. The van der Waals surface area contributed by atoms with Gasteiger partial charge in [-0.15, -0.1) is 8.13 Å². The molecule has 0 aromatic carbocycles. The van der Waals surface area contributed by atoms with E-state index < -0.39 is 16.1 Å². The van der Waals surface area contributed by atoms with Gasteiger partial charge in [-0.25, -0.2) is 0 Å². The zero-order valence-corrected chi connectivity index (χ0v) is 15.7. The van der Waals surface area contributed by atoms with Gasteiger partial charge in [0, 0.05) is 0 Å². The molecular weight excluding hydrogens is 247 g/mol. The zero-order valence-electron chi connectivity index (χ0n) is 12.7. The maximum Gasteiger partial charge on any atom is 0.184 e. The maximum atomic E-state index is 6.46. The smallest absolute Gasteiger partial charge is 0.184 e. The van der Waals surface area contributed by atoms with Crippen LogP contribution in [0, 0.1) is 5.41 Å². The topological polar surface area (TPSA) is 9.23 Å². The highest BCUT2D eigenvalue weighted by atomic mass is 31.3. The van der Waals surface area contributed by atoms with Crippen molar-refractivity contribution in [2.75, 3.05) is 0 Å². The highest BCUT2D eigenvalue weighted by molar-refractivity contribution is 7.81. The fourth-order valence-corrected chi connectivity index (χ4v) is 9.08. The van der Waals surface area contributed by atoms with Crippen molar-refractivity contribution in [2.45, 2.75) is 72.3 Å². The third-order valence-electron chi connectivity index (χ3n) is 2.66. The number of rotatable bonds is 6. The lowest BCUT2D eigenvalue weighted by molar-refractivity contribution is 0.136. The summed E-state index contributed by atoms with van der Waals surface area (Å²) in [4.78, 5) is 0. The van der Waals surface area contributed by atoms with Crippen LogP contribution in [-0.2, 0) is 4.43 Å². The lowest BCUT2D eigenvalue weighted by Gasteiger charge is -2.40. The molecule has 0 amide bonds. The molecule has 1 nitrogen and oxygen atoms in total. The molecule has 0 aliphatic carbocycles. The van der Waals surface area contributed by atoms with E-state index in [1.807, 2.05) is 0 Å². The highest BCUT2D eigenvalue weighted by Crippen LogP contribution is 2.45. The third kappa shape index (κ3) is 7.21. The van der Waals surface area contributed by atoms with Crippen molar-refractivity contribution in [3.05, 3.63) is 0 Å². The lowest BCUT2D eigenvalue weighted by Crippen LogP contribution is -2.40. The van der Waals surface area contributed by atoms with Crippen molar-refractivity contribution < 1.29 is 4.43 Å². The molecule has 98 valence electrons. The SMILES string of the molecule is CCC(C)(C)C(O[Si](C)(C)C)P[Si](C)(C)C. The molecule has 0 heterocycles. The first-order valence-corrected chi connectivity index (χ1v) is 15.3. The van der Waals surface area contributed by atoms with Gasteiger partial charge in [0.05, 0.1) is 13.6 Å². The van der Waals surface area contributed by atoms with Crippen LogP contribution >= 0.6 is 8.13 Å². The van der Waals surface area contributed by atoms with Gasteiger partial charge in [-0.05, 0) is 31.5 Å². The van der Waals surface area contributed by atoms with Crippen LogP contribution in [0.1, 0.15) is 27.2 Å². The van der Waals surface area contributed by atoms with Crippen LogP contribution in [0.25, 0.3) is 0 Å². The normalized spacial score (nSPS) is 17.1. The molecule has 0 saturated heterocycles. The van der Waals surface area contributed by atoms with Crippen LogP contribution in [0.3, 0.4) is 0 Å². The van der Waals surface area contributed by atoms with E-state index in [0.717, 1.165) is 8.13 Å². The van der Waals surface area contributed by atoms with Gasteiger partial charge in [0.25, 0.3) is 0 Å². The molecule has 0 aliphatic heterocycles. The molecule has 2 atom stereocenters. The molecule has 0 aromatic heterocycles. The van der Waals surface area contributed by atoms with E-state index in [4.69, 9.17) is 4.43 Å². The molecule has 0 fully saturated rings. The molecule has 16 heavy (non-hydrogen) atoms. The van der Waals surface area contributed by atoms with Gasteiger partial charge in [-0.1, -0.05) is 40.4 Å². The second kappa shape index (κ2) is 5.64. The summed E-state index contributed by atoms with van der Waals surface area (Å²) < 4.78 is 6.46. The van der Waals surface area contributed by atoms with E-state index in [0.29, 0.717) is 11.3 Å². The summed E-state index contributed by atoms with van der Waals surface area (Å²) in [6.45, 7) is 21.3. The summed E-state index contributed by atoms with van der Waals surface area (Å²) in [5.74, 6) is 0.482. The van der Waals surface area contributed by atoms with Gasteiger partial charge in [0.1, 0.15) is 0 Å². The van der Waals surface area contributed by atoms with Crippen molar-refractivity contribution in [1.29, 1.82) is 0 Å². The third-order valence-corrected chi connectivity index (χ3v) is 9.25. The quantitative estimate of drug-likeness (QED) is 0.484. The Kier molecular flexibility index (Phi) is 5.93. The van der Waals surface area contributed by atoms with E-state index >= 15 is 0 Å². The van der Waals surface area contributed by atoms with Gasteiger partial charge in [0.15, 0.2) is 8.32 Å². The van der Waals surface area contributed by atoms with Crippen LogP contribution in [-0.4, -0.2) is 21.9 Å². The second-order valence-corrected chi connectivity index (χ2v) is 22.5. The van der Waals surface area contributed by atoms with Crippen LogP contribution < -0.4 is 0 Å². The molecule has 2 unspecified atom stereocenters. The number of hydrogen-bond donors (Lipinski definition) is 0. The van der Waals surface area contributed by atoms with Crippen LogP contribution in [0.15, 0.2) is 0 Å². The Balaban J connectivity index is 4.79. The fourth-order valence-electron chi connectivity index (χ4n) is 1.32. The monoisotopic (exact) mass is 278 g/mol. The standard InChI is InChI=1S/C12H31OPSi2/c1-10-12(2,3)11(13-15(4,5)6)14-16(7,8)9/h11,14H,10H2,1-9H3. The van der Waals surface area contributed by atoms with Crippen molar-refractivity contribution in [3.8, 4) is 0 Å². The van der Waals surface area contributed by atoms with E-state index in [9.17, 15) is 0 Å². The molecular formula is C12H31OPSi2. The van der Waals surface area contributed by atoms with Crippen molar-refractivity contribution >= 4 is 24.2 Å². The number of hydrogen-bond acceptors (Lipinski definition) is 1. The zero-order chi connectivity index (χ0) is 13.2. The van der Waals surface area contributed by atoms with Crippen LogP contribution in [0.5, 0.6) is 0 Å². The summed E-state index contributed by atoms with van der Waals surface area (Å²) in [5, 5.41) is 0. The summed E-state index contributed by atoms with van der Waals surface area (Å²) in [6.07, 6.45) is 1.21. The van der Waals surface area contributed by atoms with Gasteiger partial charge < -0.3 is 4.43 Å². The predicted molar refractivity (Wildman–Crippen MR) is 84.0 cm³/mol. The maximum absolute atomic E-state index is 6.46. The largest absolute Gasteiger partial charge is 0.411 e. The molecule has 0 rings (SSSR count). The first kappa shape index (κ1) is 16.8. The molecule has 0 spiro atoms. The van der Waals surface area contributed by atoms with Gasteiger partial charge in [0.2, 0.25) is 0 Å². The average Bonchev–Trinajstić information content (AvgIpc) is 1.97. The molecule has 0 aromatic rings. The predicted octanol–water partition coefficient (Wildman–Crippen LogP) is 5.11. The molecule has 0 saturated carbocycles. The minimum Gasteiger partial charge on any atom is -0.411 e. The van der Waals surface area contributed by atoms with E-state index in [-0.39, 0.29) is 0 Å². The van der Waals surface area contributed by atoms with Gasteiger partial charge >= 0.3 is 0 Å². The minimum absolute atomic E-state index is 0.332. The van der Waals surface area contributed by atoms with Gasteiger partial charge in [-0.2, -0.15) is 0 Å². The van der Waals surface area contributed by atoms with Crippen molar-refractivity contribution in [2.24, 2.45) is 5.41 Å². The molecule has 0 radical (unpaired) electrons. The van der Waals surface area contributed by atoms with E-state index in [1.165, 1.54) is 6.42 Å². The Hall–Kier alpha value is 0.824. The van der Waals surface area contributed by atoms with E-state index in [2.05, 4.69) is 60.1 Å². The van der Waals surface area contributed by atoms with Crippen molar-refractivity contribution in [1.82, 2.24) is 0 Å². The molecule has 4 heteroatoms. The van der Waals surface area contributed by atoms with Crippen LogP contribution in [0.4, 0.5) is 0 Å². The Morgan fingerprint density at radius 2 is 1.50 bits per heavy atom. The Labute approximate surface area is 107 Å². The summed E-state index contributed by atoms with van der Waals surface area (Å²) in [7, 11) is -1.42. The average molecular weight is 279 g/mol. The van der Waals surface area contributed by atoms with Crippen LogP contribution in [0.2, 0.25) is 39.3 Å². The van der Waals surface area contributed by atoms with Gasteiger partial charge in [-0.3, -0.25) is 0 Å². The Morgan fingerprint density at radius 3 is 1.75 bits per heavy atom. The van der Waals surface area contributed by atoms with Crippen molar-refractivity contribution in [3.63, 3.8) is 0 Å². The van der Waals surface area contributed by atoms with E-state index in [1.54, 1.807) is 0 Å². The minimum atomic E-state index is -1.42. The first-order valence-electron chi connectivity index (χ1n) is 6.33. The Morgan fingerprint density at radius 1 is 1.06 bits per heavy atom. The lowest BCUT2D eigenvalue weighted by atomic mass is 9.91. The highest BCUT2D eigenvalue weighted by Gasteiger charge is 2.35. The Bertz CT molecular complexity index is 200. The summed E-state index contributed by atoms with van der Waals surface area (Å²) in [5.41, 5.74) is 0.332. The fraction of sp³-hybridized carbons (Fsp3) is 1.00. The molecule has 0 N–H and O–H groups in total. The summed E-state index contributed by atoms with van der Waals surface area (Å²) >= 11 is 0. The first-order chi connectivity index (χ1) is 6.87. The molecule has 0 aliphatic rings. The second-order valence-electron chi connectivity index (χ2n) is 7.35.